The van der Waals surface area contributed by atoms with Crippen LogP contribution in [0.3, 0.4) is 0 Å². The lowest BCUT2D eigenvalue weighted by Gasteiger charge is -2.20. The second-order valence-electron chi connectivity index (χ2n) is 5.51. The maximum Gasteiger partial charge on any atom is 0.328 e. The molecular weight excluding hydrogens is 382 g/mol. The summed E-state index contributed by atoms with van der Waals surface area (Å²) in [7, 11) is 0. The average molecular weight is 405 g/mol. The summed E-state index contributed by atoms with van der Waals surface area (Å²) >= 11 is 0. The Morgan fingerprint density at radius 3 is 1.96 bits per heavy atom. The quantitative estimate of drug-likeness (QED) is 0.154. The Bertz CT molecular complexity index is 624. The predicted molar refractivity (Wildman–Crippen MR) is 90.5 cm³/mol. The van der Waals surface area contributed by atoms with Crippen LogP contribution in [0.4, 0.5) is 0 Å². The Morgan fingerprint density at radius 2 is 1.50 bits per heavy atom. The van der Waals surface area contributed by atoms with Gasteiger partial charge < -0.3 is 42.3 Å². The highest BCUT2D eigenvalue weighted by Gasteiger charge is 2.28. The van der Waals surface area contributed by atoms with Crippen molar-refractivity contribution in [3.8, 4) is 0 Å². The van der Waals surface area contributed by atoms with Crippen molar-refractivity contribution in [2.24, 2.45) is 5.73 Å². The molecular formula is C14H23N5O9. The molecule has 0 aromatic rings. The first-order chi connectivity index (χ1) is 13.0. The van der Waals surface area contributed by atoms with Crippen LogP contribution in [0.5, 0.6) is 0 Å². The van der Waals surface area contributed by atoms with Crippen LogP contribution in [0.15, 0.2) is 0 Å². The van der Waals surface area contributed by atoms with Crippen LogP contribution in [0.25, 0.3) is 0 Å². The summed E-state index contributed by atoms with van der Waals surface area (Å²) in [4.78, 5) is 68.3. The maximum atomic E-state index is 12.0. The number of carboxylic acid groups (broad SMARTS) is 2. The number of hydrogen-bond acceptors (Lipinski definition) is 8. The van der Waals surface area contributed by atoms with Crippen molar-refractivity contribution in [1.82, 2.24) is 21.3 Å². The monoisotopic (exact) mass is 405 g/mol. The second-order valence-corrected chi connectivity index (χ2v) is 5.51. The zero-order valence-corrected chi connectivity index (χ0v) is 14.9. The minimum Gasteiger partial charge on any atom is -0.481 e. The van der Waals surface area contributed by atoms with Crippen LogP contribution < -0.4 is 27.0 Å². The summed E-state index contributed by atoms with van der Waals surface area (Å²) in [6, 6.07) is -4.33. The molecule has 3 atom stereocenters. The number of aliphatic hydroxyl groups is 1. The van der Waals surface area contributed by atoms with Crippen molar-refractivity contribution < 1.29 is 44.1 Å². The lowest BCUT2D eigenvalue weighted by Crippen LogP contribution is -2.55. The van der Waals surface area contributed by atoms with Crippen molar-refractivity contribution >= 4 is 35.6 Å². The molecule has 0 aromatic heterocycles. The number of carbonyl (C=O) groups is 6. The Kier molecular flexibility index (Phi) is 10.8. The van der Waals surface area contributed by atoms with Crippen molar-refractivity contribution in [2.75, 3.05) is 19.7 Å². The summed E-state index contributed by atoms with van der Waals surface area (Å²) in [5, 5.41) is 34.8. The number of carbonyl (C=O) groups excluding carboxylic acids is 4. The standard InChI is InChI=1S/C14H23N5O9/c1-6(17-9(21)3-15)12(25)16-4-10(22)18-7(2-11(23)24)13(26)19-8(5-20)14(27)28/h6-8,20H,2-5,15H2,1H3,(H,16,25)(H,17,21)(H,18,22)(H,19,26)(H,23,24)(H,27,28)/t6-,7-,8-/m0/s1. The van der Waals surface area contributed by atoms with E-state index in [1.807, 2.05) is 10.6 Å². The number of carboxylic acids is 2. The largest absolute Gasteiger partial charge is 0.481 e. The SMILES string of the molecule is C[C@H](NC(=O)CN)C(=O)NCC(=O)N[C@@H](CC(=O)O)C(=O)N[C@@H](CO)C(=O)O. The lowest BCUT2D eigenvalue weighted by molar-refractivity contribution is -0.144. The number of amides is 4. The molecule has 14 heteroatoms. The van der Waals surface area contributed by atoms with Crippen molar-refractivity contribution in [2.45, 2.75) is 31.5 Å². The van der Waals surface area contributed by atoms with Gasteiger partial charge in [-0.15, -0.1) is 0 Å². The Morgan fingerprint density at radius 1 is 0.893 bits per heavy atom. The van der Waals surface area contributed by atoms with Gasteiger partial charge in [0, 0.05) is 0 Å². The first kappa shape index (κ1) is 24.7. The molecule has 4 amide bonds. The fourth-order valence-electron chi connectivity index (χ4n) is 1.77. The van der Waals surface area contributed by atoms with Crippen LogP contribution in [0, 0.1) is 0 Å². The van der Waals surface area contributed by atoms with Crippen LogP contribution >= 0.6 is 0 Å². The molecule has 0 rings (SSSR count). The number of nitrogens with two attached hydrogens (primary N) is 1. The van der Waals surface area contributed by atoms with Crippen LogP contribution in [-0.4, -0.2) is 88.7 Å². The van der Waals surface area contributed by atoms with Gasteiger partial charge in [-0.2, -0.15) is 0 Å². The summed E-state index contributed by atoms with van der Waals surface area (Å²) in [5.74, 6) is -6.44. The van der Waals surface area contributed by atoms with Gasteiger partial charge in [0.2, 0.25) is 23.6 Å². The van der Waals surface area contributed by atoms with E-state index >= 15 is 0 Å². The van der Waals surface area contributed by atoms with E-state index in [-0.39, 0.29) is 6.54 Å². The lowest BCUT2D eigenvalue weighted by atomic mass is 10.1. The molecule has 14 nitrogen and oxygen atoms in total. The number of nitrogens with one attached hydrogen (secondary N) is 4. The van der Waals surface area contributed by atoms with E-state index in [1.165, 1.54) is 6.92 Å². The highest BCUT2D eigenvalue weighted by atomic mass is 16.4. The Balaban J connectivity index is 4.78. The molecule has 28 heavy (non-hydrogen) atoms. The smallest absolute Gasteiger partial charge is 0.328 e. The number of hydrogen-bond donors (Lipinski definition) is 8. The van der Waals surface area contributed by atoms with Gasteiger partial charge in [-0.1, -0.05) is 0 Å². The topological polar surface area (TPSA) is 237 Å². The number of aliphatic carboxylic acids is 2. The van der Waals surface area contributed by atoms with Gasteiger partial charge in [0.05, 0.1) is 26.1 Å². The van der Waals surface area contributed by atoms with Crippen molar-refractivity contribution in [1.29, 1.82) is 0 Å². The van der Waals surface area contributed by atoms with Crippen LogP contribution in [0.2, 0.25) is 0 Å². The minimum atomic E-state index is -1.69. The summed E-state index contributed by atoms with van der Waals surface area (Å²) in [6.45, 7) is -0.595. The van der Waals surface area contributed by atoms with E-state index in [4.69, 9.17) is 21.1 Å². The normalized spacial score (nSPS) is 13.4. The zero-order chi connectivity index (χ0) is 21.9. The molecule has 0 aliphatic rings. The minimum absolute atomic E-state index is 0.338. The van der Waals surface area contributed by atoms with E-state index in [0.29, 0.717) is 0 Å². The molecule has 0 unspecified atom stereocenters. The summed E-state index contributed by atoms with van der Waals surface area (Å²) in [6.07, 6.45) is -0.869. The molecule has 0 radical (unpaired) electrons. The maximum absolute atomic E-state index is 12.0. The Labute approximate surface area is 158 Å². The van der Waals surface area contributed by atoms with Gasteiger partial charge in [-0.3, -0.25) is 24.0 Å². The molecule has 158 valence electrons. The fraction of sp³-hybridized carbons (Fsp3) is 0.571. The van der Waals surface area contributed by atoms with Gasteiger partial charge in [0.15, 0.2) is 0 Å². The molecule has 0 aliphatic carbocycles. The molecule has 0 saturated carbocycles. The van der Waals surface area contributed by atoms with Crippen molar-refractivity contribution in [3.63, 3.8) is 0 Å². The molecule has 0 aliphatic heterocycles. The average Bonchev–Trinajstić information content (AvgIpc) is 2.62. The van der Waals surface area contributed by atoms with Crippen molar-refractivity contribution in [3.05, 3.63) is 0 Å². The summed E-state index contributed by atoms with van der Waals surface area (Å²) < 4.78 is 0. The van der Waals surface area contributed by atoms with Gasteiger partial charge >= 0.3 is 11.9 Å². The first-order valence-electron chi connectivity index (χ1n) is 7.94. The third kappa shape index (κ3) is 9.44. The van der Waals surface area contributed by atoms with Gasteiger partial charge in [-0.05, 0) is 6.92 Å². The molecule has 0 saturated heterocycles. The molecule has 0 spiro atoms. The van der Waals surface area contributed by atoms with Gasteiger partial charge in [0.25, 0.3) is 0 Å². The van der Waals surface area contributed by atoms with E-state index in [2.05, 4.69) is 10.6 Å². The molecule has 9 N–H and O–H groups in total. The molecule has 0 fully saturated rings. The third-order valence-corrected chi connectivity index (χ3v) is 3.21. The van der Waals surface area contributed by atoms with E-state index in [0.717, 1.165) is 0 Å². The zero-order valence-electron chi connectivity index (χ0n) is 14.9. The van der Waals surface area contributed by atoms with E-state index in [1.54, 1.807) is 0 Å². The van der Waals surface area contributed by atoms with E-state index in [9.17, 15) is 28.8 Å². The number of aliphatic hydroxyl groups excluding tert-OH is 1. The molecule has 0 aromatic carbocycles. The highest BCUT2D eigenvalue weighted by Crippen LogP contribution is 1.95. The third-order valence-electron chi connectivity index (χ3n) is 3.21. The first-order valence-corrected chi connectivity index (χ1v) is 7.94. The van der Waals surface area contributed by atoms with Gasteiger partial charge in [0.1, 0.15) is 18.1 Å². The van der Waals surface area contributed by atoms with E-state index < -0.39 is 73.3 Å². The predicted octanol–water partition coefficient (Wildman–Crippen LogP) is -4.91. The number of rotatable bonds is 12. The van der Waals surface area contributed by atoms with Gasteiger partial charge in [-0.25, -0.2) is 4.79 Å². The second kappa shape index (κ2) is 12.2. The molecule has 0 heterocycles. The van der Waals surface area contributed by atoms with Crippen LogP contribution in [0.1, 0.15) is 13.3 Å². The summed E-state index contributed by atoms with van der Waals surface area (Å²) in [5.41, 5.74) is 5.08. The Hall–Kier alpha value is -3.26. The fourth-order valence-corrected chi connectivity index (χ4v) is 1.77. The van der Waals surface area contributed by atoms with Crippen LogP contribution in [-0.2, 0) is 28.8 Å². The molecule has 0 bridgehead atoms. The highest BCUT2D eigenvalue weighted by molar-refractivity contribution is 5.94.